The second-order valence-electron chi connectivity index (χ2n) is 9.09. The minimum Gasteiger partial charge on any atom is -0.337 e. The SMILES string of the molecule is CCn1nc(C(=O)N2CCCCC2)c2c1CC[C@@H](NC1CCCCCCC1)C2. The van der Waals surface area contributed by atoms with Gasteiger partial charge in [-0.3, -0.25) is 9.48 Å². The van der Waals surface area contributed by atoms with Crippen molar-refractivity contribution in [3.63, 3.8) is 0 Å². The normalized spacial score (nSPS) is 24.5. The van der Waals surface area contributed by atoms with Crippen molar-refractivity contribution in [3.05, 3.63) is 17.0 Å². The zero-order valence-corrected chi connectivity index (χ0v) is 17.7. The highest BCUT2D eigenvalue weighted by atomic mass is 16.2. The maximum Gasteiger partial charge on any atom is 0.274 e. The molecule has 1 saturated heterocycles. The van der Waals surface area contributed by atoms with Crippen molar-refractivity contribution in [2.45, 2.75) is 109 Å². The summed E-state index contributed by atoms with van der Waals surface area (Å²) >= 11 is 0. The molecule has 0 unspecified atom stereocenters. The van der Waals surface area contributed by atoms with Crippen molar-refractivity contribution < 1.29 is 4.79 Å². The van der Waals surface area contributed by atoms with Gasteiger partial charge in [0, 0.05) is 43.0 Å². The van der Waals surface area contributed by atoms with E-state index in [1.807, 2.05) is 4.90 Å². The minimum absolute atomic E-state index is 0.176. The maximum atomic E-state index is 13.2. The first-order chi connectivity index (χ1) is 13.8. The van der Waals surface area contributed by atoms with Gasteiger partial charge in [-0.1, -0.05) is 32.1 Å². The van der Waals surface area contributed by atoms with Gasteiger partial charge in [0.2, 0.25) is 0 Å². The standard InChI is InChI=1S/C23H38N4O/c1-2-27-21-14-13-19(24-18-11-7-4-3-5-8-12-18)17-20(21)22(25-27)23(28)26-15-9-6-10-16-26/h18-19,24H,2-17H2,1H3/t19-/m1/s1. The zero-order valence-electron chi connectivity index (χ0n) is 17.7. The van der Waals surface area contributed by atoms with Gasteiger partial charge in [-0.2, -0.15) is 5.10 Å². The average Bonchev–Trinajstić information content (AvgIpc) is 3.08. The molecule has 1 amide bonds. The van der Waals surface area contributed by atoms with E-state index < -0.39 is 0 Å². The Morgan fingerprint density at radius 3 is 2.36 bits per heavy atom. The summed E-state index contributed by atoms with van der Waals surface area (Å²) in [5, 5.41) is 8.77. The van der Waals surface area contributed by atoms with Gasteiger partial charge in [-0.25, -0.2) is 0 Å². The number of hydrogen-bond donors (Lipinski definition) is 1. The zero-order chi connectivity index (χ0) is 19.3. The molecule has 0 spiro atoms. The molecule has 2 fully saturated rings. The van der Waals surface area contributed by atoms with Crippen molar-refractivity contribution >= 4 is 5.91 Å². The van der Waals surface area contributed by atoms with Crippen molar-refractivity contribution in [1.29, 1.82) is 0 Å². The Bertz CT molecular complexity index is 654. The van der Waals surface area contributed by atoms with Gasteiger partial charge in [0.05, 0.1) is 0 Å². The van der Waals surface area contributed by atoms with E-state index in [1.54, 1.807) is 0 Å². The van der Waals surface area contributed by atoms with Gasteiger partial charge < -0.3 is 10.2 Å². The summed E-state index contributed by atoms with van der Waals surface area (Å²) in [6.07, 6.45) is 16.3. The highest BCUT2D eigenvalue weighted by Gasteiger charge is 2.32. The molecule has 5 heteroatoms. The van der Waals surface area contributed by atoms with Gasteiger partial charge in [0.1, 0.15) is 0 Å². The fourth-order valence-electron chi connectivity index (χ4n) is 5.47. The van der Waals surface area contributed by atoms with E-state index in [2.05, 4.69) is 16.9 Å². The van der Waals surface area contributed by atoms with Crippen LogP contribution in [-0.4, -0.2) is 45.8 Å². The number of nitrogens with zero attached hydrogens (tertiary/aromatic N) is 3. The third kappa shape index (κ3) is 4.45. The molecule has 1 aromatic heterocycles. The van der Waals surface area contributed by atoms with Crippen LogP contribution in [0.25, 0.3) is 0 Å². The van der Waals surface area contributed by atoms with E-state index in [0.717, 1.165) is 51.0 Å². The van der Waals surface area contributed by atoms with Crippen LogP contribution < -0.4 is 5.32 Å². The predicted molar refractivity (Wildman–Crippen MR) is 113 cm³/mol. The summed E-state index contributed by atoms with van der Waals surface area (Å²) in [6.45, 7) is 4.80. The lowest BCUT2D eigenvalue weighted by atomic mass is 9.89. The highest BCUT2D eigenvalue weighted by Crippen LogP contribution is 2.28. The number of aryl methyl sites for hydroxylation is 1. The Morgan fingerprint density at radius 2 is 1.64 bits per heavy atom. The van der Waals surface area contributed by atoms with E-state index in [4.69, 9.17) is 5.10 Å². The predicted octanol–water partition coefficient (Wildman–Crippen LogP) is 4.09. The quantitative estimate of drug-likeness (QED) is 0.848. The summed E-state index contributed by atoms with van der Waals surface area (Å²) in [5.74, 6) is 0.176. The Labute approximate surface area is 170 Å². The summed E-state index contributed by atoms with van der Waals surface area (Å²) in [4.78, 5) is 15.3. The lowest BCUT2D eigenvalue weighted by Crippen LogP contribution is -2.42. The third-order valence-corrected chi connectivity index (χ3v) is 7.07. The van der Waals surface area contributed by atoms with Crippen LogP contribution in [0, 0.1) is 0 Å². The molecule has 1 atom stereocenters. The Morgan fingerprint density at radius 1 is 0.964 bits per heavy atom. The maximum absolute atomic E-state index is 13.2. The summed E-state index contributed by atoms with van der Waals surface area (Å²) in [7, 11) is 0. The van der Waals surface area contributed by atoms with Crippen LogP contribution in [0.1, 0.15) is 99.3 Å². The molecule has 0 radical (unpaired) electrons. The van der Waals surface area contributed by atoms with Gasteiger partial charge >= 0.3 is 0 Å². The number of fused-ring (bicyclic) bond motifs is 1. The average molecular weight is 387 g/mol. The number of piperidine rings is 1. The highest BCUT2D eigenvalue weighted by molar-refractivity contribution is 5.94. The van der Waals surface area contributed by atoms with Crippen LogP contribution in [0.4, 0.5) is 0 Å². The molecular weight excluding hydrogens is 348 g/mol. The number of carbonyl (C=O) groups is 1. The van der Waals surface area contributed by atoms with Crippen LogP contribution in [0.5, 0.6) is 0 Å². The minimum atomic E-state index is 0.176. The molecule has 2 aliphatic carbocycles. The molecule has 28 heavy (non-hydrogen) atoms. The fourth-order valence-corrected chi connectivity index (χ4v) is 5.47. The van der Waals surface area contributed by atoms with Gasteiger partial charge in [-0.05, 0) is 58.3 Å². The Kier molecular flexibility index (Phi) is 6.71. The van der Waals surface area contributed by atoms with Gasteiger partial charge in [0.25, 0.3) is 5.91 Å². The van der Waals surface area contributed by atoms with Crippen LogP contribution >= 0.6 is 0 Å². The first-order valence-corrected chi connectivity index (χ1v) is 11.9. The topological polar surface area (TPSA) is 50.2 Å². The first kappa shape index (κ1) is 19.9. The third-order valence-electron chi connectivity index (χ3n) is 7.07. The second kappa shape index (κ2) is 9.43. The van der Waals surface area contributed by atoms with Crippen LogP contribution in [-0.2, 0) is 19.4 Å². The van der Waals surface area contributed by atoms with Crippen molar-refractivity contribution in [3.8, 4) is 0 Å². The van der Waals surface area contributed by atoms with Gasteiger partial charge in [0.15, 0.2) is 5.69 Å². The van der Waals surface area contributed by atoms with E-state index >= 15 is 0 Å². The number of likely N-dealkylation sites (tertiary alicyclic amines) is 1. The number of hydrogen-bond acceptors (Lipinski definition) is 3. The summed E-state index contributed by atoms with van der Waals surface area (Å²) in [5.41, 5.74) is 3.31. The van der Waals surface area contributed by atoms with Crippen LogP contribution in [0.3, 0.4) is 0 Å². The van der Waals surface area contributed by atoms with Crippen LogP contribution in [0.2, 0.25) is 0 Å². The van der Waals surface area contributed by atoms with E-state index in [0.29, 0.717) is 12.1 Å². The Hall–Kier alpha value is -1.36. The molecule has 156 valence electrons. The van der Waals surface area contributed by atoms with Crippen LogP contribution in [0.15, 0.2) is 0 Å². The van der Waals surface area contributed by atoms with Crippen molar-refractivity contribution in [2.75, 3.05) is 13.1 Å². The molecule has 5 nitrogen and oxygen atoms in total. The summed E-state index contributed by atoms with van der Waals surface area (Å²) in [6, 6.07) is 1.16. The molecule has 4 rings (SSSR count). The van der Waals surface area contributed by atoms with Crippen molar-refractivity contribution in [1.82, 2.24) is 20.0 Å². The number of nitrogens with one attached hydrogen (secondary N) is 1. The number of carbonyl (C=O) groups excluding carboxylic acids is 1. The van der Waals surface area contributed by atoms with Gasteiger partial charge in [-0.15, -0.1) is 0 Å². The van der Waals surface area contributed by atoms with E-state index in [1.165, 1.54) is 69.0 Å². The number of rotatable bonds is 4. The lowest BCUT2D eigenvalue weighted by Gasteiger charge is -2.31. The molecule has 1 saturated carbocycles. The summed E-state index contributed by atoms with van der Waals surface area (Å²) < 4.78 is 2.10. The lowest BCUT2D eigenvalue weighted by molar-refractivity contribution is 0.0716. The molecule has 0 aromatic carbocycles. The number of amides is 1. The fraction of sp³-hybridized carbons (Fsp3) is 0.826. The first-order valence-electron chi connectivity index (χ1n) is 11.9. The number of aromatic nitrogens is 2. The molecule has 1 aromatic rings. The van der Waals surface area contributed by atoms with E-state index in [9.17, 15) is 4.79 Å². The Balaban J connectivity index is 1.48. The van der Waals surface area contributed by atoms with E-state index in [-0.39, 0.29) is 5.91 Å². The largest absolute Gasteiger partial charge is 0.337 e. The molecule has 3 aliphatic rings. The molecule has 1 N–H and O–H groups in total. The second-order valence-corrected chi connectivity index (χ2v) is 9.09. The molecule has 1 aliphatic heterocycles. The molecular formula is C23H38N4O. The molecule has 2 heterocycles. The van der Waals surface area contributed by atoms with Crippen molar-refractivity contribution in [2.24, 2.45) is 0 Å². The monoisotopic (exact) mass is 386 g/mol. The molecule has 0 bridgehead atoms. The smallest absolute Gasteiger partial charge is 0.274 e.